The molecule has 234 valence electrons. The molecule has 0 fully saturated rings. The predicted octanol–water partition coefficient (Wildman–Crippen LogP) is 13.1. The molecule has 4 aromatic heterocycles. The number of pyridine rings is 1. The van der Waals surface area contributed by atoms with Gasteiger partial charge in [-0.05, 0) is 95.4 Å². The molecule has 0 unspecified atom stereocenters. The molecule has 0 atom stereocenters. The van der Waals surface area contributed by atoms with E-state index in [-0.39, 0.29) is 0 Å². The Morgan fingerprint density at radius 3 is 1.86 bits per heavy atom. The van der Waals surface area contributed by atoms with Crippen molar-refractivity contribution in [3.8, 4) is 11.1 Å². The minimum Gasteiger partial charge on any atom is -0.456 e. The Labute approximate surface area is 285 Å². The first kappa shape index (κ1) is 27.1. The third-order valence-corrected chi connectivity index (χ3v) is 9.95. The molecule has 4 heterocycles. The van der Waals surface area contributed by atoms with Gasteiger partial charge in [-0.3, -0.25) is 4.98 Å². The fourth-order valence-corrected chi connectivity index (χ4v) is 7.55. The summed E-state index contributed by atoms with van der Waals surface area (Å²) in [6, 6.07) is 50.9. The van der Waals surface area contributed by atoms with E-state index >= 15 is 0 Å². The van der Waals surface area contributed by atoms with Gasteiger partial charge in [-0.1, -0.05) is 60.7 Å². The SMILES string of the molecule is c1ccc2c(c1)oc1cc(N(c3ccc(-c4ccc5c(ccc6c7ccncc7oc56)c4)cc3)c3ccc4oc5ccccc5c4c3)ccc12. The molecule has 50 heavy (non-hydrogen) atoms. The summed E-state index contributed by atoms with van der Waals surface area (Å²) in [4.78, 5) is 6.52. The minimum atomic E-state index is 0.804. The minimum absolute atomic E-state index is 0.804. The molecule has 0 bridgehead atoms. The van der Waals surface area contributed by atoms with Crippen LogP contribution in [0.5, 0.6) is 0 Å². The molecule has 0 aliphatic carbocycles. The molecule has 11 rings (SSSR count). The van der Waals surface area contributed by atoms with Gasteiger partial charge in [0.25, 0.3) is 0 Å². The summed E-state index contributed by atoms with van der Waals surface area (Å²) in [5.74, 6) is 0. The summed E-state index contributed by atoms with van der Waals surface area (Å²) in [7, 11) is 0. The monoisotopic (exact) mass is 642 g/mol. The highest BCUT2D eigenvalue weighted by atomic mass is 16.3. The first-order valence-electron chi connectivity index (χ1n) is 16.7. The van der Waals surface area contributed by atoms with Gasteiger partial charge >= 0.3 is 0 Å². The van der Waals surface area contributed by atoms with Crippen molar-refractivity contribution in [1.29, 1.82) is 0 Å². The number of hydrogen-bond acceptors (Lipinski definition) is 5. The third-order valence-electron chi connectivity index (χ3n) is 9.95. The van der Waals surface area contributed by atoms with Gasteiger partial charge in [-0.15, -0.1) is 0 Å². The summed E-state index contributed by atoms with van der Waals surface area (Å²) >= 11 is 0. The van der Waals surface area contributed by atoms with E-state index in [4.69, 9.17) is 13.3 Å². The number of benzene rings is 7. The fourth-order valence-electron chi connectivity index (χ4n) is 7.55. The molecule has 0 aliphatic rings. The molecule has 0 saturated heterocycles. The van der Waals surface area contributed by atoms with Gasteiger partial charge in [-0.25, -0.2) is 0 Å². The quantitative estimate of drug-likeness (QED) is 0.191. The Balaban J connectivity index is 1.04. The number of hydrogen-bond donors (Lipinski definition) is 0. The number of fused-ring (bicyclic) bond motifs is 11. The average Bonchev–Trinajstić information content (AvgIpc) is 3.86. The van der Waals surface area contributed by atoms with Crippen LogP contribution in [0.2, 0.25) is 0 Å². The molecular formula is C45H26N2O3. The highest BCUT2D eigenvalue weighted by molar-refractivity contribution is 6.15. The third kappa shape index (κ3) is 4.04. The number of nitrogens with zero attached hydrogens (tertiary/aromatic N) is 2. The van der Waals surface area contributed by atoms with Gasteiger partial charge in [0, 0.05) is 67.0 Å². The van der Waals surface area contributed by atoms with E-state index in [9.17, 15) is 0 Å². The van der Waals surface area contributed by atoms with Crippen molar-refractivity contribution in [2.75, 3.05) is 4.90 Å². The zero-order chi connectivity index (χ0) is 32.8. The van der Waals surface area contributed by atoms with Crippen LogP contribution in [0, 0.1) is 0 Å². The Morgan fingerprint density at radius 2 is 1.00 bits per heavy atom. The second-order valence-electron chi connectivity index (χ2n) is 12.8. The van der Waals surface area contributed by atoms with Crippen molar-refractivity contribution >= 4 is 93.7 Å². The standard InChI is InChI=1S/C45H26N2O3/c1-3-7-40-34(5-1)36-19-15-32(25-43(36)49-40)47(31-16-20-42-39(24-31)35-6-2-4-8-41(35)48-42)30-13-9-27(10-14-30)28-11-17-33-29(23-28)12-18-38-37-21-22-46-26-44(37)50-45(33)38/h1-26H. The Bertz CT molecular complexity index is 3110. The van der Waals surface area contributed by atoms with Gasteiger partial charge in [-0.2, -0.15) is 0 Å². The van der Waals surface area contributed by atoms with E-state index in [0.717, 1.165) is 105 Å². The molecule has 0 amide bonds. The van der Waals surface area contributed by atoms with Gasteiger partial charge in [0.05, 0.1) is 6.20 Å². The Morgan fingerprint density at radius 1 is 0.380 bits per heavy atom. The average molecular weight is 643 g/mol. The molecule has 0 N–H and O–H groups in total. The summed E-state index contributed by atoms with van der Waals surface area (Å²) < 4.78 is 18.8. The lowest BCUT2D eigenvalue weighted by Crippen LogP contribution is -2.09. The van der Waals surface area contributed by atoms with Crippen molar-refractivity contribution in [3.05, 3.63) is 158 Å². The lowest BCUT2D eigenvalue weighted by molar-refractivity contribution is 0.668. The second kappa shape index (κ2) is 10.3. The van der Waals surface area contributed by atoms with E-state index in [1.165, 1.54) is 0 Å². The first-order valence-corrected chi connectivity index (χ1v) is 16.7. The Kier molecular flexibility index (Phi) is 5.60. The highest BCUT2D eigenvalue weighted by Gasteiger charge is 2.18. The van der Waals surface area contributed by atoms with Crippen LogP contribution in [0.1, 0.15) is 0 Å². The van der Waals surface area contributed by atoms with Crippen molar-refractivity contribution < 1.29 is 13.3 Å². The first-order chi connectivity index (χ1) is 24.7. The zero-order valence-corrected chi connectivity index (χ0v) is 26.6. The maximum Gasteiger partial charge on any atom is 0.153 e. The lowest BCUT2D eigenvalue weighted by Gasteiger charge is -2.25. The summed E-state index contributed by atoms with van der Waals surface area (Å²) in [6.45, 7) is 0. The maximum absolute atomic E-state index is 6.33. The summed E-state index contributed by atoms with van der Waals surface area (Å²) in [6.07, 6.45) is 3.59. The molecule has 0 spiro atoms. The normalized spacial score (nSPS) is 12.0. The molecule has 0 aliphatic heterocycles. The van der Waals surface area contributed by atoms with Crippen LogP contribution in [0.4, 0.5) is 17.1 Å². The number of anilines is 3. The molecule has 5 heteroatoms. The van der Waals surface area contributed by atoms with Gasteiger partial charge in [0.1, 0.15) is 27.9 Å². The van der Waals surface area contributed by atoms with Crippen LogP contribution >= 0.6 is 0 Å². The largest absolute Gasteiger partial charge is 0.456 e. The summed E-state index contributed by atoms with van der Waals surface area (Å²) in [5.41, 5.74) is 10.5. The number of furan rings is 3. The second-order valence-corrected chi connectivity index (χ2v) is 12.8. The van der Waals surface area contributed by atoms with Crippen LogP contribution in [-0.2, 0) is 0 Å². The number of rotatable bonds is 4. The number of para-hydroxylation sites is 2. The van der Waals surface area contributed by atoms with Crippen molar-refractivity contribution in [1.82, 2.24) is 4.98 Å². The van der Waals surface area contributed by atoms with Crippen LogP contribution in [0.15, 0.2) is 171 Å². The van der Waals surface area contributed by atoms with E-state index in [1.807, 2.05) is 36.5 Å². The van der Waals surface area contributed by atoms with Gasteiger partial charge in [0.15, 0.2) is 5.58 Å². The zero-order valence-electron chi connectivity index (χ0n) is 26.6. The predicted molar refractivity (Wildman–Crippen MR) is 204 cm³/mol. The molecule has 11 aromatic rings. The van der Waals surface area contributed by atoms with E-state index in [1.54, 1.807) is 6.20 Å². The topological polar surface area (TPSA) is 55.6 Å². The fraction of sp³-hybridized carbons (Fsp3) is 0. The van der Waals surface area contributed by atoms with Crippen LogP contribution in [-0.4, -0.2) is 4.98 Å². The smallest absolute Gasteiger partial charge is 0.153 e. The Hall–Kier alpha value is -6.85. The molecular weight excluding hydrogens is 617 g/mol. The molecule has 0 saturated carbocycles. The maximum atomic E-state index is 6.33. The number of aromatic nitrogens is 1. The van der Waals surface area contributed by atoms with E-state index < -0.39 is 0 Å². The summed E-state index contributed by atoms with van der Waals surface area (Å²) in [5, 5.41) is 8.81. The van der Waals surface area contributed by atoms with Crippen molar-refractivity contribution in [2.45, 2.75) is 0 Å². The van der Waals surface area contributed by atoms with E-state index in [0.29, 0.717) is 0 Å². The van der Waals surface area contributed by atoms with Gasteiger partial charge in [0.2, 0.25) is 0 Å². The highest BCUT2D eigenvalue weighted by Crippen LogP contribution is 2.42. The molecule has 0 radical (unpaired) electrons. The van der Waals surface area contributed by atoms with Crippen LogP contribution in [0.25, 0.3) is 87.7 Å². The van der Waals surface area contributed by atoms with Crippen molar-refractivity contribution in [3.63, 3.8) is 0 Å². The van der Waals surface area contributed by atoms with E-state index in [2.05, 4.69) is 125 Å². The van der Waals surface area contributed by atoms with Crippen molar-refractivity contribution in [2.24, 2.45) is 0 Å². The molecule has 5 nitrogen and oxygen atoms in total. The van der Waals surface area contributed by atoms with Gasteiger partial charge < -0.3 is 18.2 Å². The lowest BCUT2D eigenvalue weighted by atomic mass is 9.99. The molecule has 7 aromatic carbocycles. The van der Waals surface area contributed by atoms with Crippen LogP contribution in [0.3, 0.4) is 0 Å². The van der Waals surface area contributed by atoms with Crippen LogP contribution < -0.4 is 4.90 Å².